The molecule has 2 aromatic rings. The summed E-state index contributed by atoms with van der Waals surface area (Å²) < 4.78 is 38.3. The van der Waals surface area contributed by atoms with E-state index < -0.39 is 22.1 Å². The Kier molecular flexibility index (Phi) is 6.17. The van der Waals surface area contributed by atoms with E-state index in [4.69, 9.17) is 9.47 Å². The Morgan fingerprint density at radius 2 is 1.61 bits per heavy atom. The van der Waals surface area contributed by atoms with E-state index in [0.717, 1.165) is 5.56 Å². The fourth-order valence-electron chi connectivity index (χ4n) is 3.26. The van der Waals surface area contributed by atoms with Gasteiger partial charge in [-0.15, -0.1) is 0 Å². The SMILES string of the molecule is C[C@@H]1CN(S(=O)(=O)c2ccc(C(=O)O[C@@H](C)c3ccccc3)cc2)C[C@@H](C)O1. The van der Waals surface area contributed by atoms with Gasteiger partial charge >= 0.3 is 5.97 Å². The van der Waals surface area contributed by atoms with Crippen molar-refractivity contribution in [2.75, 3.05) is 13.1 Å². The molecule has 1 fully saturated rings. The molecular formula is C21H25NO5S. The lowest BCUT2D eigenvalue weighted by Gasteiger charge is -2.34. The second-order valence-corrected chi connectivity index (χ2v) is 9.00. The normalized spacial score (nSPS) is 21.8. The average Bonchev–Trinajstić information content (AvgIpc) is 2.68. The average molecular weight is 404 g/mol. The highest BCUT2D eigenvalue weighted by molar-refractivity contribution is 7.89. The van der Waals surface area contributed by atoms with Gasteiger partial charge in [-0.25, -0.2) is 13.2 Å². The first kappa shape index (κ1) is 20.5. The Hall–Kier alpha value is -2.22. The Morgan fingerprint density at radius 3 is 2.18 bits per heavy atom. The van der Waals surface area contributed by atoms with Crippen LogP contribution in [0.3, 0.4) is 0 Å². The number of nitrogens with zero attached hydrogens (tertiary/aromatic N) is 1. The van der Waals surface area contributed by atoms with E-state index in [1.165, 1.54) is 28.6 Å². The molecule has 150 valence electrons. The van der Waals surface area contributed by atoms with Crippen molar-refractivity contribution >= 4 is 16.0 Å². The second kappa shape index (κ2) is 8.43. The molecule has 6 nitrogen and oxygen atoms in total. The van der Waals surface area contributed by atoms with Crippen molar-refractivity contribution in [2.45, 2.75) is 44.0 Å². The molecule has 1 saturated heterocycles. The van der Waals surface area contributed by atoms with Crippen molar-refractivity contribution in [3.8, 4) is 0 Å². The van der Waals surface area contributed by atoms with Crippen molar-refractivity contribution in [2.24, 2.45) is 0 Å². The monoisotopic (exact) mass is 403 g/mol. The summed E-state index contributed by atoms with van der Waals surface area (Å²) in [6, 6.07) is 15.3. The minimum absolute atomic E-state index is 0.154. The summed E-state index contributed by atoms with van der Waals surface area (Å²) >= 11 is 0. The van der Waals surface area contributed by atoms with Crippen molar-refractivity contribution < 1.29 is 22.7 Å². The first-order valence-electron chi connectivity index (χ1n) is 9.29. The molecule has 3 rings (SSSR count). The molecule has 0 spiro atoms. The Bertz CT molecular complexity index is 902. The minimum Gasteiger partial charge on any atom is -0.454 e. The molecule has 7 heteroatoms. The third-order valence-corrected chi connectivity index (χ3v) is 6.51. The molecule has 1 heterocycles. The van der Waals surface area contributed by atoms with Crippen molar-refractivity contribution in [3.05, 3.63) is 65.7 Å². The lowest BCUT2D eigenvalue weighted by molar-refractivity contribution is -0.0440. The molecule has 1 aliphatic heterocycles. The summed E-state index contributed by atoms with van der Waals surface area (Å²) in [5.74, 6) is -0.492. The number of sulfonamides is 1. The highest BCUT2D eigenvalue weighted by Gasteiger charge is 2.32. The first-order valence-corrected chi connectivity index (χ1v) is 10.7. The van der Waals surface area contributed by atoms with Crippen LogP contribution in [0.15, 0.2) is 59.5 Å². The van der Waals surface area contributed by atoms with Gasteiger partial charge in [-0.05, 0) is 50.6 Å². The number of morpholine rings is 1. The molecular weight excluding hydrogens is 378 g/mol. The van der Waals surface area contributed by atoms with Crippen LogP contribution in [0.25, 0.3) is 0 Å². The molecule has 0 aliphatic carbocycles. The number of benzene rings is 2. The van der Waals surface area contributed by atoms with Crippen LogP contribution >= 0.6 is 0 Å². The van der Waals surface area contributed by atoms with Gasteiger partial charge in [-0.1, -0.05) is 30.3 Å². The second-order valence-electron chi connectivity index (χ2n) is 7.06. The summed E-state index contributed by atoms with van der Waals surface area (Å²) in [5, 5.41) is 0. The Labute approximate surface area is 166 Å². The molecule has 0 N–H and O–H groups in total. The molecule has 28 heavy (non-hydrogen) atoms. The van der Waals surface area contributed by atoms with Gasteiger partial charge in [0.1, 0.15) is 6.10 Å². The lowest BCUT2D eigenvalue weighted by Crippen LogP contribution is -2.48. The van der Waals surface area contributed by atoms with Crippen molar-refractivity contribution in [1.82, 2.24) is 4.31 Å². The molecule has 0 unspecified atom stereocenters. The largest absolute Gasteiger partial charge is 0.454 e. The number of rotatable bonds is 5. The molecule has 0 radical (unpaired) electrons. The predicted octanol–water partition coefficient (Wildman–Crippen LogP) is 3.40. The molecule has 0 aromatic heterocycles. The van der Waals surface area contributed by atoms with Gasteiger partial charge in [0, 0.05) is 13.1 Å². The van der Waals surface area contributed by atoms with Gasteiger partial charge in [0.15, 0.2) is 0 Å². The van der Waals surface area contributed by atoms with Crippen LogP contribution < -0.4 is 0 Å². The molecule has 0 amide bonds. The van der Waals surface area contributed by atoms with Crippen LogP contribution in [0.1, 0.15) is 42.8 Å². The zero-order valence-corrected chi connectivity index (χ0v) is 17.1. The smallest absolute Gasteiger partial charge is 0.338 e. The molecule has 2 aromatic carbocycles. The summed E-state index contributed by atoms with van der Waals surface area (Å²) in [5.41, 5.74) is 1.20. The number of carbonyl (C=O) groups excluding carboxylic acids is 1. The third kappa shape index (κ3) is 4.60. The number of carbonyl (C=O) groups is 1. The van der Waals surface area contributed by atoms with Gasteiger partial charge in [-0.3, -0.25) is 0 Å². The van der Waals surface area contributed by atoms with E-state index in [0.29, 0.717) is 18.7 Å². The quantitative estimate of drug-likeness (QED) is 0.716. The topological polar surface area (TPSA) is 72.9 Å². The zero-order chi connectivity index (χ0) is 20.3. The van der Waals surface area contributed by atoms with Gasteiger partial charge in [0.05, 0.1) is 22.7 Å². The van der Waals surface area contributed by atoms with E-state index >= 15 is 0 Å². The van der Waals surface area contributed by atoms with Crippen LogP contribution in [-0.2, 0) is 19.5 Å². The van der Waals surface area contributed by atoms with Gasteiger partial charge in [0.25, 0.3) is 0 Å². The Balaban J connectivity index is 1.71. The van der Waals surface area contributed by atoms with E-state index in [-0.39, 0.29) is 17.1 Å². The molecule has 0 saturated carbocycles. The van der Waals surface area contributed by atoms with E-state index in [2.05, 4.69) is 0 Å². The van der Waals surface area contributed by atoms with Gasteiger partial charge in [0.2, 0.25) is 10.0 Å². The van der Waals surface area contributed by atoms with Gasteiger partial charge < -0.3 is 9.47 Å². The summed E-state index contributed by atoms with van der Waals surface area (Å²) in [6.07, 6.45) is -0.715. The predicted molar refractivity (Wildman–Crippen MR) is 105 cm³/mol. The van der Waals surface area contributed by atoms with Crippen LogP contribution in [0.4, 0.5) is 0 Å². The Morgan fingerprint density at radius 1 is 1.04 bits per heavy atom. The number of hydrogen-bond acceptors (Lipinski definition) is 5. The van der Waals surface area contributed by atoms with Gasteiger partial charge in [-0.2, -0.15) is 4.31 Å². The van der Waals surface area contributed by atoms with Crippen LogP contribution in [0.2, 0.25) is 0 Å². The van der Waals surface area contributed by atoms with Crippen LogP contribution in [0, 0.1) is 0 Å². The molecule has 1 aliphatic rings. The highest BCUT2D eigenvalue weighted by atomic mass is 32.2. The number of ether oxygens (including phenoxy) is 2. The zero-order valence-electron chi connectivity index (χ0n) is 16.2. The maximum absolute atomic E-state index is 12.9. The number of hydrogen-bond donors (Lipinski definition) is 0. The summed E-state index contributed by atoms with van der Waals surface area (Å²) in [7, 11) is -3.64. The molecule has 0 bridgehead atoms. The van der Waals surface area contributed by atoms with Crippen molar-refractivity contribution in [3.63, 3.8) is 0 Å². The standard InChI is InChI=1S/C21H25NO5S/c1-15-13-22(14-16(2)26-15)28(24,25)20-11-9-19(10-12-20)21(23)27-17(3)18-7-5-4-6-8-18/h4-12,15-17H,13-14H2,1-3H3/t15-,16-,17+/m1/s1. The van der Waals surface area contributed by atoms with E-state index in [9.17, 15) is 13.2 Å². The fraction of sp³-hybridized carbons (Fsp3) is 0.381. The third-order valence-electron chi connectivity index (χ3n) is 4.67. The van der Waals surface area contributed by atoms with Crippen LogP contribution in [0.5, 0.6) is 0 Å². The highest BCUT2D eigenvalue weighted by Crippen LogP contribution is 2.23. The first-order chi connectivity index (χ1) is 13.3. The maximum atomic E-state index is 12.9. The summed E-state index contributed by atoms with van der Waals surface area (Å²) in [6.45, 7) is 6.12. The summed E-state index contributed by atoms with van der Waals surface area (Å²) in [4.78, 5) is 12.5. The maximum Gasteiger partial charge on any atom is 0.338 e. The molecule has 3 atom stereocenters. The van der Waals surface area contributed by atoms with Crippen molar-refractivity contribution in [1.29, 1.82) is 0 Å². The number of esters is 1. The van der Waals surface area contributed by atoms with Crippen LogP contribution in [-0.4, -0.2) is 44.0 Å². The van der Waals surface area contributed by atoms with E-state index in [1.54, 1.807) is 6.92 Å². The fourth-order valence-corrected chi connectivity index (χ4v) is 4.85. The lowest BCUT2D eigenvalue weighted by atomic mass is 10.1. The van der Waals surface area contributed by atoms with E-state index in [1.807, 2.05) is 44.2 Å². The minimum atomic E-state index is -3.64.